The molecule has 0 aliphatic heterocycles. The van der Waals surface area contributed by atoms with Crippen LogP contribution in [0.2, 0.25) is 0 Å². The molecule has 0 unspecified atom stereocenters. The summed E-state index contributed by atoms with van der Waals surface area (Å²) in [7, 11) is 8.15. The number of nitrogens with zero attached hydrogens (tertiary/aromatic N) is 3. The molecular formula is C25H37N3O3. The van der Waals surface area contributed by atoms with E-state index >= 15 is 0 Å². The van der Waals surface area contributed by atoms with Gasteiger partial charge in [-0.25, -0.2) is 4.79 Å². The minimum absolute atomic E-state index is 0.00744. The number of allylic oxidation sites excluding steroid dienone is 4. The van der Waals surface area contributed by atoms with E-state index in [1.54, 1.807) is 24.3 Å². The van der Waals surface area contributed by atoms with E-state index in [-0.39, 0.29) is 11.9 Å². The highest BCUT2D eigenvalue weighted by Gasteiger charge is 2.17. The number of carbonyl (C=O) groups is 2. The summed E-state index contributed by atoms with van der Waals surface area (Å²) < 4.78 is 5.50. The van der Waals surface area contributed by atoms with Crippen LogP contribution in [0.5, 0.6) is 0 Å². The molecule has 0 heterocycles. The summed E-state index contributed by atoms with van der Waals surface area (Å²) in [6.07, 6.45) is 7.33. The van der Waals surface area contributed by atoms with E-state index in [0.29, 0.717) is 16.9 Å². The molecule has 1 amide bonds. The molecular weight excluding hydrogens is 390 g/mol. The fraction of sp³-hybridized carbons (Fsp3) is 0.520. The van der Waals surface area contributed by atoms with Crippen molar-refractivity contribution >= 4 is 11.9 Å². The van der Waals surface area contributed by atoms with Crippen molar-refractivity contribution in [3.05, 3.63) is 58.9 Å². The van der Waals surface area contributed by atoms with Crippen LogP contribution < -0.4 is 0 Å². The Bertz CT molecular complexity index is 781. The molecule has 0 saturated carbocycles. The molecule has 31 heavy (non-hydrogen) atoms. The largest absolute Gasteiger partial charge is 0.427 e. The quantitative estimate of drug-likeness (QED) is 0.503. The Morgan fingerprint density at radius 1 is 0.806 bits per heavy atom. The molecule has 0 saturated heterocycles. The summed E-state index contributed by atoms with van der Waals surface area (Å²) in [6.45, 7) is 5.37. The van der Waals surface area contributed by atoms with Crippen LogP contribution in [-0.4, -0.2) is 80.9 Å². The van der Waals surface area contributed by atoms with E-state index in [4.69, 9.17) is 4.74 Å². The van der Waals surface area contributed by atoms with Crippen molar-refractivity contribution < 1.29 is 14.3 Å². The van der Waals surface area contributed by atoms with Crippen LogP contribution in [0.4, 0.5) is 0 Å². The molecule has 0 fully saturated rings. The van der Waals surface area contributed by atoms with Crippen LogP contribution in [-0.2, 0) is 4.74 Å². The van der Waals surface area contributed by atoms with E-state index < -0.39 is 0 Å². The Hall–Kier alpha value is -2.44. The van der Waals surface area contributed by atoms with Gasteiger partial charge in [0.15, 0.2) is 0 Å². The molecule has 170 valence electrons. The molecule has 0 aromatic heterocycles. The Morgan fingerprint density at radius 2 is 1.35 bits per heavy atom. The van der Waals surface area contributed by atoms with Crippen molar-refractivity contribution in [2.45, 2.75) is 32.6 Å². The maximum atomic E-state index is 13.1. The van der Waals surface area contributed by atoms with Gasteiger partial charge in [0.05, 0.1) is 5.56 Å². The average molecular weight is 428 g/mol. The molecule has 1 aliphatic rings. The van der Waals surface area contributed by atoms with E-state index in [1.807, 2.05) is 45.2 Å². The summed E-state index contributed by atoms with van der Waals surface area (Å²) in [5, 5.41) is 0. The Balaban J connectivity index is 2.00. The first-order valence-corrected chi connectivity index (χ1v) is 11.0. The van der Waals surface area contributed by atoms with Gasteiger partial charge in [0.1, 0.15) is 5.76 Å². The van der Waals surface area contributed by atoms with Crippen molar-refractivity contribution in [2.75, 3.05) is 54.4 Å². The third-order valence-electron chi connectivity index (χ3n) is 5.26. The van der Waals surface area contributed by atoms with Gasteiger partial charge in [0, 0.05) is 25.1 Å². The smallest absolute Gasteiger partial charge is 0.343 e. The number of benzene rings is 1. The number of hydrogen-bond acceptors (Lipinski definition) is 5. The monoisotopic (exact) mass is 427 g/mol. The van der Waals surface area contributed by atoms with Gasteiger partial charge < -0.3 is 19.4 Å². The molecule has 1 aromatic carbocycles. The minimum atomic E-state index is -0.382. The summed E-state index contributed by atoms with van der Waals surface area (Å²) in [6, 6.07) is 6.81. The van der Waals surface area contributed by atoms with Crippen LogP contribution in [0.1, 0.15) is 53.3 Å². The highest BCUT2D eigenvalue weighted by Crippen LogP contribution is 2.20. The van der Waals surface area contributed by atoms with Crippen molar-refractivity contribution in [1.82, 2.24) is 14.7 Å². The molecule has 0 radical (unpaired) electrons. The van der Waals surface area contributed by atoms with Gasteiger partial charge in [-0.3, -0.25) is 4.79 Å². The lowest BCUT2D eigenvalue weighted by molar-refractivity contribution is 0.0612. The van der Waals surface area contributed by atoms with Gasteiger partial charge in [-0.1, -0.05) is 11.6 Å². The molecule has 0 bridgehead atoms. The summed E-state index contributed by atoms with van der Waals surface area (Å²) >= 11 is 0. The summed E-state index contributed by atoms with van der Waals surface area (Å²) in [5.74, 6) is 0.309. The number of ether oxygens (including phenoxy) is 1. The average Bonchev–Trinajstić information content (AvgIpc) is 2.73. The number of rotatable bonds is 11. The van der Waals surface area contributed by atoms with Crippen molar-refractivity contribution in [2.24, 2.45) is 0 Å². The third-order valence-corrected chi connectivity index (χ3v) is 5.26. The van der Waals surface area contributed by atoms with Gasteiger partial charge in [-0.2, -0.15) is 0 Å². The Labute approximate surface area is 187 Å². The van der Waals surface area contributed by atoms with E-state index in [2.05, 4.69) is 16.7 Å². The molecule has 6 heteroatoms. The number of carbonyl (C=O) groups excluding carboxylic acids is 2. The minimum Gasteiger partial charge on any atom is -0.427 e. The molecule has 0 N–H and O–H groups in total. The van der Waals surface area contributed by atoms with E-state index in [9.17, 15) is 9.59 Å². The second kappa shape index (κ2) is 12.4. The highest BCUT2D eigenvalue weighted by molar-refractivity contribution is 5.96. The van der Waals surface area contributed by atoms with E-state index in [0.717, 1.165) is 51.9 Å². The number of esters is 1. The van der Waals surface area contributed by atoms with Gasteiger partial charge >= 0.3 is 5.97 Å². The Kier molecular flexibility index (Phi) is 9.95. The first-order chi connectivity index (χ1) is 14.8. The lowest BCUT2D eigenvalue weighted by Gasteiger charge is -2.24. The van der Waals surface area contributed by atoms with Crippen LogP contribution in [0, 0.1) is 0 Å². The number of hydrogen-bond donors (Lipinski definition) is 0. The molecule has 2 rings (SSSR count). The van der Waals surface area contributed by atoms with E-state index in [1.165, 1.54) is 5.57 Å². The second-order valence-corrected chi connectivity index (χ2v) is 8.72. The fourth-order valence-electron chi connectivity index (χ4n) is 3.39. The maximum Gasteiger partial charge on any atom is 0.343 e. The fourth-order valence-corrected chi connectivity index (χ4v) is 3.39. The third kappa shape index (κ3) is 8.67. The molecule has 1 aromatic rings. The van der Waals surface area contributed by atoms with Crippen molar-refractivity contribution in [1.29, 1.82) is 0 Å². The zero-order chi connectivity index (χ0) is 22.8. The lowest BCUT2D eigenvalue weighted by atomic mass is 10.1. The zero-order valence-electron chi connectivity index (χ0n) is 19.7. The van der Waals surface area contributed by atoms with Gasteiger partial charge in [0.25, 0.3) is 5.91 Å². The van der Waals surface area contributed by atoms with Crippen LogP contribution in [0.25, 0.3) is 0 Å². The van der Waals surface area contributed by atoms with Crippen molar-refractivity contribution in [3.63, 3.8) is 0 Å². The lowest BCUT2D eigenvalue weighted by Crippen LogP contribution is -2.35. The molecule has 0 atom stereocenters. The van der Waals surface area contributed by atoms with Gasteiger partial charge in [-0.15, -0.1) is 0 Å². The van der Waals surface area contributed by atoms with Crippen LogP contribution in [0.3, 0.4) is 0 Å². The first-order valence-electron chi connectivity index (χ1n) is 11.0. The standard InChI is InChI=1S/C25H37N3O3/c1-20-8-14-23(15-9-20)31-25(30)22-12-10-21(11-13-22)24(29)28(18-6-16-26(2)3)19-7-17-27(4)5/h8,10-14H,6-7,9,15-19H2,1-5H3. The van der Waals surface area contributed by atoms with Gasteiger partial charge in [0.2, 0.25) is 0 Å². The maximum absolute atomic E-state index is 13.1. The molecule has 6 nitrogen and oxygen atoms in total. The zero-order valence-corrected chi connectivity index (χ0v) is 19.7. The normalized spacial score (nSPS) is 13.8. The first kappa shape index (κ1) is 24.8. The van der Waals surface area contributed by atoms with Crippen LogP contribution in [0.15, 0.2) is 47.7 Å². The second-order valence-electron chi connectivity index (χ2n) is 8.72. The molecule has 1 aliphatic carbocycles. The topological polar surface area (TPSA) is 53.1 Å². The Morgan fingerprint density at radius 3 is 1.84 bits per heavy atom. The van der Waals surface area contributed by atoms with Crippen molar-refractivity contribution in [3.8, 4) is 0 Å². The SMILES string of the molecule is CC1=CC=C(OC(=O)c2ccc(C(=O)N(CCCN(C)C)CCCN(C)C)cc2)CC1. The highest BCUT2D eigenvalue weighted by atomic mass is 16.5. The van der Waals surface area contributed by atoms with Crippen LogP contribution >= 0.6 is 0 Å². The summed E-state index contributed by atoms with van der Waals surface area (Å²) in [5.41, 5.74) is 2.33. The molecule has 0 spiro atoms. The predicted molar refractivity (Wildman–Crippen MR) is 125 cm³/mol. The predicted octanol–water partition coefficient (Wildman–Crippen LogP) is 3.81. The number of amides is 1. The van der Waals surface area contributed by atoms with Gasteiger partial charge in [-0.05, 0) is 97.8 Å². The summed E-state index contributed by atoms with van der Waals surface area (Å²) in [4.78, 5) is 31.7.